The lowest BCUT2D eigenvalue weighted by molar-refractivity contribution is -0.122. The average Bonchev–Trinajstić information content (AvgIpc) is 3.18. The van der Waals surface area contributed by atoms with Gasteiger partial charge in [-0.25, -0.2) is 9.18 Å². The van der Waals surface area contributed by atoms with Gasteiger partial charge < -0.3 is 19.7 Å². The average molecular weight is 428 g/mol. The summed E-state index contributed by atoms with van der Waals surface area (Å²) >= 11 is 6.05. The van der Waals surface area contributed by atoms with Gasteiger partial charge in [0.15, 0.2) is 5.88 Å². The van der Waals surface area contributed by atoms with Gasteiger partial charge in [0.05, 0.1) is 18.7 Å². The fourth-order valence-corrected chi connectivity index (χ4v) is 3.39. The van der Waals surface area contributed by atoms with E-state index in [1.807, 2.05) is 0 Å². The predicted octanol–water partition coefficient (Wildman–Crippen LogP) is 2.78. The number of aromatic hydroxyl groups is 1. The van der Waals surface area contributed by atoms with Crippen LogP contribution in [0.25, 0.3) is 10.8 Å². The molecule has 1 saturated heterocycles. The lowest BCUT2D eigenvalue weighted by Gasteiger charge is -2.20. The number of methoxy groups -OCH3 is 1. The van der Waals surface area contributed by atoms with Crippen molar-refractivity contribution in [3.8, 4) is 23.5 Å². The third kappa shape index (κ3) is 3.40. The topological polar surface area (TPSA) is 92.6 Å². The molecule has 30 heavy (non-hydrogen) atoms. The summed E-state index contributed by atoms with van der Waals surface area (Å²) in [5, 5.41) is 16.7. The second kappa shape index (κ2) is 7.28. The highest BCUT2D eigenvalue weighted by molar-refractivity contribution is 6.31. The van der Waals surface area contributed by atoms with E-state index in [4.69, 9.17) is 16.3 Å². The molecule has 152 valence electrons. The van der Waals surface area contributed by atoms with E-state index in [1.165, 1.54) is 23.8 Å². The summed E-state index contributed by atoms with van der Waals surface area (Å²) in [7, 11) is 1.51. The van der Waals surface area contributed by atoms with E-state index >= 15 is 0 Å². The molecule has 1 aliphatic heterocycles. The largest absolute Gasteiger partial charge is 0.497 e. The molecule has 1 aromatic heterocycles. The van der Waals surface area contributed by atoms with Gasteiger partial charge in [0, 0.05) is 22.5 Å². The van der Waals surface area contributed by atoms with Crippen molar-refractivity contribution >= 4 is 34.3 Å². The highest BCUT2D eigenvalue weighted by Gasteiger charge is 2.46. The normalized spacial score (nSPS) is 18.0. The number of urea groups is 1. The predicted molar refractivity (Wildman–Crippen MR) is 108 cm³/mol. The van der Waals surface area contributed by atoms with Gasteiger partial charge in [-0.15, -0.1) is 0 Å². The maximum atomic E-state index is 13.5. The van der Waals surface area contributed by atoms with Gasteiger partial charge in [-0.3, -0.25) is 10.1 Å². The zero-order valence-corrected chi connectivity index (χ0v) is 16.4. The Bertz CT molecular complexity index is 1260. The smallest absolute Gasteiger partial charge is 0.323 e. The Morgan fingerprint density at radius 2 is 2.07 bits per heavy atom. The Morgan fingerprint density at radius 1 is 1.27 bits per heavy atom. The second-order valence-electron chi connectivity index (χ2n) is 6.72. The first kappa shape index (κ1) is 19.6. The number of nitrogens with zero attached hydrogens (tertiary/aromatic N) is 1. The molecule has 0 aliphatic carbocycles. The Hall–Kier alpha value is -3.70. The first-order valence-electron chi connectivity index (χ1n) is 8.79. The molecule has 1 atom stereocenters. The number of carbonyl (C=O) groups excluding carboxylic acids is 2. The first-order valence-corrected chi connectivity index (χ1v) is 9.17. The number of imide groups is 1. The van der Waals surface area contributed by atoms with Crippen molar-refractivity contribution in [1.29, 1.82) is 0 Å². The summed E-state index contributed by atoms with van der Waals surface area (Å²) in [4.78, 5) is 24.4. The van der Waals surface area contributed by atoms with Crippen LogP contribution in [-0.2, 0) is 11.3 Å². The molecule has 3 aromatic rings. The minimum atomic E-state index is -1.69. The number of amides is 3. The number of hydrogen-bond donors (Lipinski definition) is 3. The first-order chi connectivity index (χ1) is 14.3. The van der Waals surface area contributed by atoms with Gasteiger partial charge in [-0.2, -0.15) is 0 Å². The van der Waals surface area contributed by atoms with Gasteiger partial charge in [-0.1, -0.05) is 23.4 Å². The van der Waals surface area contributed by atoms with Crippen LogP contribution in [0.5, 0.6) is 11.6 Å². The Labute approximate surface area is 175 Å². The monoisotopic (exact) mass is 427 g/mol. The second-order valence-corrected chi connectivity index (χ2v) is 7.13. The van der Waals surface area contributed by atoms with Crippen LogP contribution in [0.4, 0.5) is 9.18 Å². The summed E-state index contributed by atoms with van der Waals surface area (Å²) in [6.45, 7) is -0.187. The molecule has 4 rings (SSSR count). The zero-order chi connectivity index (χ0) is 21.5. The summed E-state index contributed by atoms with van der Waals surface area (Å²) in [5.74, 6) is 4.57. The van der Waals surface area contributed by atoms with E-state index in [1.54, 1.807) is 24.4 Å². The molecular formula is C21H15ClFN3O4. The van der Waals surface area contributed by atoms with E-state index in [0.29, 0.717) is 16.5 Å². The summed E-state index contributed by atoms with van der Waals surface area (Å²) < 4.78 is 20.1. The van der Waals surface area contributed by atoms with Gasteiger partial charge in [-0.05, 0) is 36.4 Å². The van der Waals surface area contributed by atoms with Crippen molar-refractivity contribution in [1.82, 2.24) is 15.2 Å². The van der Waals surface area contributed by atoms with Crippen LogP contribution in [0, 0.1) is 17.7 Å². The van der Waals surface area contributed by atoms with E-state index in [9.17, 15) is 19.1 Å². The number of fused-ring (bicyclic) bond motifs is 1. The van der Waals surface area contributed by atoms with Crippen molar-refractivity contribution in [2.24, 2.45) is 0 Å². The van der Waals surface area contributed by atoms with Crippen molar-refractivity contribution in [3.05, 3.63) is 59.0 Å². The maximum absolute atomic E-state index is 13.5. The third-order valence-corrected chi connectivity index (χ3v) is 5.09. The van der Waals surface area contributed by atoms with Gasteiger partial charge >= 0.3 is 6.03 Å². The summed E-state index contributed by atoms with van der Waals surface area (Å²) in [6, 6.07) is 8.08. The Balaban J connectivity index is 1.78. The van der Waals surface area contributed by atoms with Gasteiger partial charge in [0.25, 0.3) is 5.91 Å². The third-order valence-electron chi connectivity index (χ3n) is 4.76. The zero-order valence-electron chi connectivity index (χ0n) is 15.6. The lowest BCUT2D eigenvalue weighted by atomic mass is 9.99. The SMILES string of the molecule is COc1ccc2cn(C[C@@]3(C#Cc4cc(F)ccc4Cl)NC(=O)NC3=O)c(O)c2c1. The van der Waals surface area contributed by atoms with Crippen LogP contribution in [0.15, 0.2) is 42.6 Å². The molecule has 0 saturated carbocycles. The van der Waals surface area contributed by atoms with Crippen molar-refractivity contribution < 1.29 is 23.8 Å². The molecule has 3 N–H and O–H groups in total. The number of carbonyl (C=O) groups is 2. The maximum Gasteiger partial charge on any atom is 0.323 e. The number of nitrogens with one attached hydrogen (secondary N) is 2. The van der Waals surface area contributed by atoms with Crippen molar-refractivity contribution in [3.63, 3.8) is 0 Å². The molecule has 0 bridgehead atoms. The number of aromatic nitrogens is 1. The summed E-state index contributed by atoms with van der Waals surface area (Å²) in [6.07, 6.45) is 1.63. The molecular weight excluding hydrogens is 413 g/mol. The van der Waals surface area contributed by atoms with Crippen molar-refractivity contribution in [2.75, 3.05) is 7.11 Å². The van der Waals surface area contributed by atoms with Crippen molar-refractivity contribution in [2.45, 2.75) is 12.1 Å². The molecule has 0 radical (unpaired) electrons. The van der Waals surface area contributed by atoms with Crippen LogP contribution in [0.3, 0.4) is 0 Å². The van der Waals surface area contributed by atoms with Gasteiger partial charge in [0.1, 0.15) is 11.6 Å². The molecule has 0 spiro atoms. The van der Waals surface area contributed by atoms with Gasteiger partial charge in [0.2, 0.25) is 5.54 Å². The highest BCUT2D eigenvalue weighted by atomic mass is 35.5. The number of hydrogen-bond acceptors (Lipinski definition) is 4. The molecule has 3 amide bonds. The van der Waals surface area contributed by atoms with E-state index in [2.05, 4.69) is 22.5 Å². The number of benzene rings is 2. The Kier molecular flexibility index (Phi) is 4.76. The standard InChI is InChI=1S/C21H15ClFN3O4/c1-30-15-4-2-13-10-26(18(27)16(13)9-15)11-21(19(28)24-20(29)25-21)7-6-12-8-14(23)3-5-17(12)22/h2-5,8-10,27H,11H2,1H3,(H2,24,25,28,29)/t21-/m1/s1. The molecule has 0 unspecified atom stereocenters. The quantitative estimate of drug-likeness (QED) is 0.442. The molecule has 2 aromatic carbocycles. The lowest BCUT2D eigenvalue weighted by Crippen LogP contribution is -2.49. The number of halogens is 2. The number of ether oxygens (including phenoxy) is 1. The van der Waals surface area contributed by atoms with E-state index < -0.39 is 23.3 Å². The fourth-order valence-electron chi connectivity index (χ4n) is 3.23. The minimum Gasteiger partial charge on any atom is -0.497 e. The van der Waals surface area contributed by atoms with Crippen LogP contribution in [0.1, 0.15) is 5.56 Å². The Morgan fingerprint density at radius 3 is 2.77 bits per heavy atom. The molecule has 1 aliphatic rings. The van der Waals surface area contributed by atoms with E-state index in [-0.39, 0.29) is 23.0 Å². The minimum absolute atomic E-state index is 0.122. The molecule has 2 heterocycles. The fraction of sp³-hybridized carbons (Fsp3) is 0.143. The summed E-state index contributed by atoms with van der Waals surface area (Å²) in [5.41, 5.74) is -1.53. The van der Waals surface area contributed by atoms with E-state index in [0.717, 1.165) is 6.07 Å². The molecule has 1 fully saturated rings. The molecule has 9 heteroatoms. The van der Waals surface area contributed by atoms with Crippen LogP contribution >= 0.6 is 11.6 Å². The molecule has 7 nitrogen and oxygen atoms in total. The number of rotatable bonds is 3. The van der Waals surface area contributed by atoms with Crippen LogP contribution < -0.4 is 15.4 Å². The highest BCUT2D eigenvalue weighted by Crippen LogP contribution is 2.32. The van der Waals surface area contributed by atoms with Crippen LogP contribution in [-0.4, -0.2) is 34.3 Å². The van der Waals surface area contributed by atoms with Crippen LogP contribution in [0.2, 0.25) is 5.02 Å².